The van der Waals surface area contributed by atoms with Crippen molar-refractivity contribution < 1.29 is 4.79 Å². The number of benzene rings is 2. The second-order valence-corrected chi connectivity index (χ2v) is 6.20. The maximum absolute atomic E-state index is 11.7. The first kappa shape index (κ1) is 18.4. The van der Waals surface area contributed by atoms with Crippen LogP contribution in [0.2, 0.25) is 0 Å². The Balaban J connectivity index is 1.86. The van der Waals surface area contributed by atoms with Crippen LogP contribution in [0.5, 0.6) is 0 Å². The molecule has 27 heavy (non-hydrogen) atoms. The summed E-state index contributed by atoms with van der Waals surface area (Å²) >= 11 is 0. The van der Waals surface area contributed by atoms with Crippen LogP contribution in [0.25, 0.3) is 0 Å². The Hall–Kier alpha value is -3.41. The SMILES string of the molecule is CCC(=O)Nc1cccc(N(C)c2nc(Nc3ccccc3)ncc2C)c1. The van der Waals surface area contributed by atoms with Crippen molar-refractivity contribution in [2.24, 2.45) is 0 Å². The zero-order valence-electron chi connectivity index (χ0n) is 15.7. The summed E-state index contributed by atoms with van der Waals surface area (Å²) in [6, 6.07) is 17.5. The number of hydrogen-bond acceptors (Lipinski definition) is 5. The highest BCUT2D eigenvalue weighted by atomic mass is 16.1. The van der Waals surface area contributed by atoms with Crippen LogP contribution < -0.4 is 15.5 Å². The van der Waals surface area contributed by atoms with Crippen LogP contribution in [-0.2, 0) is 4.79 Å². The molecule has 0 atom stereocenters. The molecule has 0 radical (unpaired) electrons. The zero-order chi connectivity index (χ0) is 19.2. The second kappa shape index (κ2) is 8.31. The standard InChI is InChI=1S/C21H23N5O/c1-4-19(27)23-17-11-8-12-18(13-17)26(3)20-15(2)14-22-21(25-20)24-16-9-6-5-7-10-16/h5-14H,4H2,1-3H3,(H,23,27)(H,22,24,25). The average Bonchev–Trinajstić information content (AvgIpc) is 2.70. The summed E-state index contributed by atoms with van der Waals surface area (Å²) in [5, 5.41) is 6.10. The lowest BCUT2D eigenvalue weighted by Crippen LogP contribution is -2.15. The number of hydrogen-bond donors (Lipinski definition) is 2. The van der Waals surface area contributed by atoms with E-state index in [0.29, 0.717) is 12.4 Å². The molecule has 2 aromatic carbocycles. The number of amides is 1. The average molecular weight is 361 g/mol. The van der Waals surface area contributed by atoms with Gasteiger partial charge in [-0.2, -0.15) is 4.98 Å². The fourth-order valence-electron chi connectivity index (χ4n) is 2.65. The van der Waals surface area contributed by atoms with Crippen molar-refractivity contribution in [1.29, 1.82) is 0 Å². The van der Waals surface area contributed by atoms with E-state index in [2.05, 4.69) is 20.6 Å². The topological polar surface area (TPSA) is 70.2 Å². The van der Waals surface area contributed by atoms with Gasteiger partial charge in [-0.25, -0.2) is 4.98 Å². The third-order valence-electron chi connectivity index (χ3n) is 4.13. The van der Waals surface area contributed by atoms with Gasteiger partial charge in [-0.05, 0) is 37.3 Å². The normalized spacial score (nSPS) is 10.3. The Kier molecular flexibility index (Phi) is 5.66. The molecule has 6 nitrogen and oxygen atoms in total. The first-order valence-corrected chi connectivity index (χ1v) is 8.86. The van der Waals surface area contributed by atoms with Crippen LogP contribution in [0, 0.1) is 6.92 Å². The summed E-state index contributed by atoms with van der Waals surface area (Å²) in [6.45, 7) is 3.80. The molecular formula is C21H23N5O. The highest BCUT2D eigenvalue weighted by molar-refractivity contribution is 5.91. The number of anilines is 5. The summed E-state index contributed by atoms with van der Waals surface area (Å²) in [6.07, 6.45) is 2.24. The molecule has 0 unspecified atom stereocenters. The van der Waals surface area contributed by atoms with Gasteiger partial charge in [-0.15, -0.1) is 0 Å². The van der Waals surface area contributed by atoms with Gasteiger partial charge in [0.1, 0.15) is 5.82 Å². The van der Waals surface area contributed by atoms with E-state index in [4.69, 9.17) is 0 Å². The molecule has 0 saturated carbocycles. The summed E-state index contributed by atoms with van der Waals surface area (Å²) in [5.41, 5.74) is 3.58. The minimum Gasteiger partial charge on any atom is -0.329 e. The van der Waals surface area contributed by atoms with E-state index in [0.717, 1.165) is 28.4 Å². The van der Waals surface area contributed by atoms with Gasteiger partial charge in [0.2, 0.25) is 11.9 Å². The molecule has 138 valence electrons. The summed E-state index contributed by atoms with van der Waals surface area (Å²) in [4.78, 5) is 22.7. The molecule has 6 heteroatoms. The number of carbonyl (C=O) groups is 1. The fraction of sp³-hybridized carbons (Fsp3) is 0.190. The minimum absolute atomic E-state index is 0.0117. The van der Waals surface area contributed by atoms with Gasteiger partial charge in [-0.3, -0.25) is 4.79 Å². The van der Waals surface area contributed by atoms with Crippen molar-refractivity contribution in [3.05, 3.63) is 66.4 Å². The molecule has 1 amide bonds. The number of aryl methyl sites for hydroxylation is 1. The Labute approximate surface area is 159 Å². The zero-order valence-corrected chi connectivity index (χ0v) is 15.7. The Bertz CT molecular complexity index is 927. The number of aromatic nitrogens is 2. The van der Waals surface area contributed by atoms with Gasteiger partial charge in [-0.1, -0.05) is 31.2 Å². The van der Waals surface area contributed by atoms with Gasteiger partial charge in [0.05, 0.1) is 0 Å². The van der Waals surface area contributed by atoms with Crippen LogP contribution >= 0.6 is 0 Å². The van der Waals surface area contributed by atoms with Crippen molar-refractivity contribution in [3.63, 3.8) is 0 Å². The molecule has 0 aliphatic rings. The number of rotatable bonds is 6. The van der Waals surface area contributed by atoms with Crippen molar-refractivity contribution in [2.75, 3.05) is 22.6 Å². The van der Waals surface area contributed by atoms with Crippen LogP contribution in [-0.4, -0.2) is 22.9 Å². The first-order valence-electron chi connectivity index (χ1n) is 8.86. The van der Waals surface area contributed by atoms with E-state index < -0.39 is 0 Å². The van der Waals surface area contributed by atoms with Gasteiger partial charge in [0.25, 0.3) is 0 Å². The number of nitrogens with zero attached hydrogens (tertiary/aromatic N) is 3. The van der Waals surface area contributed by atoms with E-state index in [1.54, 1.807) is 6.20 Å². The van der Waals surface area contributed by atoms with Crippen molar-refractivity contribution in [3.8, 4) is 0 Å². The van der Waals surface area contributed by atoms with E-state index in [1.807, 2.05) is 80.4 Å². The highest BCUT2D eigenvalue weighted by Gasteiger charge is 2.12. The second-order valence-electron chi connectivity index (χ2n) is 6.20. The van der Waals surface area contributed by atoms with Crippen molar-refractivity contribution in [1.82, 2.24) is 9.97 Å². The lowest BCUT2D eigenvalue weighted by atomic mass is 10.2. The molecule has 0 spiro atoms. The van der Waals surface area contributed by atoms with E-state index >= 15 is 0 Å². The molecule has 0 aliphatic carbocycles. The summed E-state index contributed by atoms with van der Waals surface area (Å²) < 4.78 is 0. The molecule has 0 bridgehead atoms. The molecular weight excluding hydrogens is 338 g/mol. The third kappa shape index (κ3) is 4.61. The lowest BCUT2D eigenvalue weighted by Gasteiger charge is -2.21. The Morgan fingerprint density at radius 2 is 1.81 bits per heavy atom. The fourth-order valence-corrected chi connectivity index (χ4v) is 2.65. The maximum Gasteiger partial charge on any atom is 0.229 e. The van der Waals surface area contributed by atoms with Crippen LogP contribution in [0.3, 0.4) is 0 Å². The van der Waals surface area contributed by atoms with Gasteiger partial charge < -0.3 is 15.5 Å². The monoisotopic (exact) mass is 361 g/mol. The number of carbonyl (C=O) groups excluding carboxylic acids is 1. The minimum atomic E-state index is -0.0117. The smallest absolute Gasteiger partial charge is 0.229 e. The number of para-hydroxylation sites is 1. The van der Waals surface area contributed by atoms with Crippen molar-refractivity contribution in [2.45, 2.75) is 20.3 Å². The van der Waals surface area contributed by atoms with E-state index in [9.17, 15) is 4.79 Å². The third-order valence-corrected chi connectivity index (χ3v) is 4.13. The van der Waals surface area contributed by atoms with Gasteiger partial charge in [0, 0.05) is 42.3 Å². The van der Waals surface area contributed by atoms with Crippen molar-refractivity contribution >= 4 is 34.7 Å². The Morgan fingerprint density at radius 1 is 1.07 bits per heavy atom. The largest absolute Gasteiger partial charge is 0.329 e. The molecule has 0 saturated heterocycles. The molecule has 0 fully saturated rings. The Morgan fingerprint density at radius 3 is 2.56 bits per heavy atom. The first-order chi connectivity index (χ1) is 13.1. The molecule has 3 aromatic rings. The van der Waals surface area contributed by atoms with E-state index in [1.165, 1.54) is 0 Å². The van der Waals surface area contributed by atoms with Gasteiger partial charge >= 0.3 is 0 Å². The summed E-state index contributed by atoms with van der Waals surface area (Å²) in [7, 11) is 1.95. The maximum atomic E-state index is 11.7. The highest BCUT2D eigenvalue weighted by Crippen LogP contribution is 2.28. The lowest BCUT2D eigenvalue weighted by molar-refractivity contribution is -0.115. The summed E-state index contributed by atoms with van der Waals surface area (Å²) in [5.74, 6) is 1.31. The number of nitrogens with one attached hydrogen (secondary N) is 2. The van der Waals surface area contributed by atoms with E-state index in [-0.39, 0.29) is 5.91 Å². The molecule has 1 aromatic heterocycles. The van der Waals surface area contributed by atoms with Crippen LogP contribution in [0.4, 0.5) is 28.8 Å². The molecule has 0 aliphatic heterocycles. The molecule has 2 N–H and O–H groups in total. The molecule has 3 rings (SSSR count). The predicted molar refractivity (Wildman–Crippen MR) is 110 cm³/mol. The quantitative estimate of drug-likeness (QED) is 0.669. The van der Waals surface area contributed by atoms with Crippen LogP contribution in [0.1, 0.15) is 18.9 Å². The molecule has 1 heterocycles. The van der Waals surface area contributed by atoms with Crippen LogP contribution in [0.15, 0.2) is 60.8 Å². The van der Waals surface area contributed by atoms with Gasteiger partial charge in [0.15, 0.2) is 0 Å². The predicted octanol–water partition coefficient (Wildman–Crippen LogP) is 4.65.